The number of benzene rings is 1. The van der Waals surface area contributed by atoms with Crippen LogP contribution in [0.3, 0.4) is 0 Å². The van der Waals surface area contributed by atoms with E-state index in [9.17, 15) is 4.39 Å². The molecule has 1 aliphatic carbocycles. The third-order valence-electron chi connectivity index (χ3n) is 5.21. The Morgan fingerprint density at radius 3 is 2.67 bits per heavy atom. The quantitative estimate of drug-likeness (QED) is 0.881. The van der Waals surface area contributed by atoms with Crippen molar-refractivity contribution in [1.82, 2.24) is 0 Å². The van der Waals surface area contributed by atoms with Crippen molar-refractivity contribution in [3.05, 3.63) is 30.1 Å². The van der Waals surface area contributed by atoms with Gasteiger partial charge in [0, 0.05) is 13.1 Å². The van der Waals surface area contributed by atoms with Gasteiger partial charge in [-0.25, -0.2) is 4.39 Å². The molecule has 0 heterocycles. The monoisotopic (exact) mass is 292 g/mol. The summed E-state index contributed by atoms with van der Waals surface area (Å²) in [7, 11) is 0. The lowest BCUT2D eigenvalue weighted by Crippen LogP contribution is -2.57. The molecule has 1 fully saturated rings. The van der Waals surface area contributed by atoms with Gasteiger partial charge in [-0.1, -0.05) is 38.8 Å². The summed E-state index contributed by atoms with van der Waals surface area (Å²) in [5, 5.41) is 0. The first-order chi connectivity index (χ1) is 10.0. The van der Waals surface area contributed by atoms with Crippen molar-refractivity contribution in [2.75, 3.05) is 18.0 Å². The van der Waals surface area contributed by atoms with Gasteiger partial charge in [-0.05, 0) is 43.7 Å². The average Bonchev–Trinajstić information content (AvgIpc) is 2.50. The number of halogens is 1. The molecule has 0 saturated heterocycles. The van der Waals surface area contributed by atoms with Crippen LogP contribution in [-0.2, 0) is 0 Å². The van der Waals surface area contributed by atoms with Gasteiger partial charge in [-0.15, -0.1) is 0 Å². The average molecular weight is 292 g/mol. The molecule has 2 nitrogen and oxygen atoms in total. The van der Waals surface area contributed by atoms with E-state index in [2.05, 4.69) is 25.7 Å². The second kappa shape index (κ2) is 6.78. The minimum atomic E-state index is -0.140. The van der Waals surface area contributed by atoms with Crippen LogP contribution in [0.25, 0.3) is 0 Å². The van der Waals surface area contributed by atoms with Crippen LogP contribution in [0.15, 0.2) is 24.3 Å². The normalized spacial score (nSPS) is 26.1. The van der Waals surface area contributed by atoms with E-state index in [1.54, 1.807) is 12.1 Å². The highest BCUT2D eigenvalue weighted by Gasteiger charge is 2.41. The van der Waals surface area contributed by atoms with Crippen molar-refractivity contribution in [2.24, 2.45) is 17.6 Å². The van der Waals surface area contributed by atoms with E-state index in [4.69, 9.17) is 5.73 Å². The van der Waals surface area contributed by atoms with Crippen LogP contribution in [0, 0.1) is 17.7 Å². The molecule has 0 radical (unpaired) electrons. The zero-order valence-electron chi connectivity index (χ0n) is 13.6. The summed E-state index contributed by atoms with van der Waals surface area (Å²) < 4.78 is 14.3. The summed E-state index contributed by atoms with van der Waals surface area (Å²) in [4.78, 5) is 2.22. The predicted molar refractivity (Wildman–Crippen MR) is 88.0 cm³/mol. The number of likely N-dealkylation sites (N-methyl/N-ethyl adjacent to an activating group) is 1. The molecular weight excluding hydrogens is 263 g/mol. The second-order valence-electron chi connectivity index (χ2n) is 6.72. The van der Waals surface area contributed by atoms with E-state index in [0.29, 0.717) is 24.1 Å². The summed E-state index contributed by atoms with van der Waals surface area (Å²) in [5.74, 6) is 1.21. The Labute approximate surface area is 128 Å². The minimum absolute atomic E-state index is 0.0931. The van der Waals surface area contributed by atoms with Crippen LogP contribution in [0.4, 0.5) is 10.1 Å². The summed E-state index contributed by atoms with van der Waals surface area (Å²) in [6.45, 7) is 8.07. The fourth-order valence-corrected chi connectivity index (χ4v) is 3.93. The predicted octanol–water partition coefficient (Wildman–Crippen LogP) is 4.20. The smallest absolute Gasteiger partial charge is 0.146 e. The van der Waals surface area contributed by atoms with Crippen LogP contribution in [0.5, 0.6) is 0 Å². The van der Waals surface area contributed by atoms with Gasteiger partial charge in [-0.2, -0.15) is 0 Å². The van der Waals surface area contributed by atoms with Gasteiger partial charge < -0.3 is 10.6 Å². The lowest BCUT2D eigenvalue weighted by molar-refractivity contribution is 0.178. The molecule has 2 rings (SSSR count). The Morgan fingerprint density at radius 2 is 2.10 bits per heavy atom. The number of anilines is 1. The molecule has 2 unspecified atom stereocenters. The Kier molecular flexibility index (Phi) is 5.26. The molecule has 0 spiro atoms. The highest BCUT2D eigenvalue weighted by Crippen LogP contribution is 2.41. The molecule has 0 amide bonds. The van der Waals surface area contributed by atoms with E-state index < -0.39 is 0 Å². The molecule has 1 aliphatic rings. The lowest BCUT2D eigenvalue weighted by atomic mass is 9.70. The Morgan fingerprint density at radius 1 is 1.38 bits per heavy atom. The van der Waals surface area contributed by atoms with Crippen LogP contribution < -0.4 is 10.6 Å². The molecule has 3 heteroatoms. The fourth-order valence-electron chi connectivity index (χ4n) is 3.93. The van der Waals surface area contributed by atoms with Crippen molar-refractivity contribution >= 4 is 5.69 Å². The van der Waals surface area contributed by atoms with Crippen LogP contribution in [-0.4, -0.2) is 18.6 Å². The van der Waals surface area contributed by atoms with E-state index in [0.717, 1.165) is 19.4 Å². The number of nitrogens with zero attached hydrogens (tertiary/aromatic N) is 1. The Hall–Kier alpha value is -1.09. The van der Waals surface area contributed by atoms with Crippen molar-refractivity contribution in [1.29, 1.82) is 0 Å². The summed E-state index contributed by atoms with van der Waals surface area (Å²) in [6, 6.07) is 7.09. The highest BCUT2D eigenvalue weighted by atomic mass is 19.1. The van der Waals surface area contributed by atoms with E-state index in [-0.39, 0.29) is 11.4 Å². The molecule has 1 aromatic carbocycles. The number of rotatable bonds is 5. The molecule has 21 heavy (non-hydrogen) atoms. The molecular formula is C18H29FN2. The van der Waals surface area contributed by atoms with Crippen molar-refractivity contribution in [3.8, 4) is 0 Å². The topological polar surface area (TPSA) is 29.3 Å². The maximum absolute atomic E-state index is 14.3. The highest BCUT2D eigenvalue weighted by molar-refractivity contribution is 5.50. The van der Waals surface area contributed by atoms with Gasteiger partial charge in [0.25, 0.3) is 0 Å². The zero-order valence-corrected chi connectivity index (χ0v) is 13.6. The van der Waals surface area contributed by atoms with Gasteiger partial charge in [0.2, 0.25) is 0 Å². The fraction of sp³-hybridized carbons (Fsp3) is 0.667. The van der Waals surface area contributed by atoms with Gasteiger partial charge in [0.1, 0.15) is 5.82 Å². The standard InChI is InChI=1S/C18H29FN2/c1-4-21(17-10-6-5-9-16(17)19)18(13-20)11-7-8-15(12-18)14(2)3/h5-6,9-10,14-15H,4,7-8,11-13,20H2,1-3H3. The first-order valence-electron chi connectivity index (χ1n) is 8.26. The molecule has 0 aliphatic heterocycles. The van der Waals surface area contributed by atoms with Crippen molar-refractivity contribution in [3.63, 3.8) is 0 Å². The first-order valence-corrected chi connectivity index (χ1v) is 8.26. The molecule has 2 atom stereocenters. The third-order valence-corrected chi connectivity index (χ3v) is 5.21. The molecule has 118 valence electrons. The largest absolute Gasteiger partial charge is 0.362 e. The van der Waals surface area contributed by atoms with Crippen molar-refractivity contribution < 1.29 is 4.39 Å². The van der Waals surface area contributed by atoms with E-state index >= 15 is 0 Å². The van der Waals surface area contributed by atoms with Crippen LogP contribution in [0.1, 0.15) is 46.5 Å². The van der Waals surface area contributed by atoms with Crippen LogP contribution >= 0.6 is 0 Å². The third kappa shape index (κ3) is 3.23. The minimum Gasteiger partial charge on any atom is -0.362 e. The molecule has 1 saturated carbocycles. The number of hydrogen-bond donors (Lipinski definition) is 1. The van der Waals surface area contributed by atoms with E-state index in [1.807, 2.05) is 12.1 Å². The molecule has 2 N–H and O–H groups in total. The summed E-state index contributed by atoms with van der Waals surface area (Å²) >= 11 is 0. The maximum atomic E-state index is 14.3. The summed E-state index contributed by atoms with van der Waals surface area (Å²) in [5.41, 5.74) is 6.81. The second-order valence-corrected chi connectivity index (χ2v) is 6.72. The van der Waals surface area contributed by atoms with Gasteiger partial charge in [-0.3, -0.25) is 0 Å². The van der Waals surface area contributed by atoms with Crippen LogP contribution in [0.2, 0.25) is 0 Å². The molecule has 0 bridgehead atoms. The zero-order chi connectivity index (χ0) is 15.5. The number of hydrogen-bond acceptors (Lipinski definition) is 2. The number of para-hydroxylation sites is 1. The SMILES string of the molecule is CCN(c1ccccc1F)C1(CN)CCCC(C(C)C)C1. The Bertz CT molecular complexity index is 460. The van der Waals surface area contributed by atoms with Gasteiger partial charge in [0.15, 0.2) is 0 Å². The molecule has 0 aromatic heterocycles. The van der Waals surface area contributed by atoms with Gasteiger partial charge in [0.05, 0.1) is 11.2 Å². The summed E-state index contributed by atoms with van der Waals surface area (Å²) in [6.07, 6.45) is 4.59. The first kappa shape index (κ1) is 16.3. The maximum Gasteiger partial charge on any atom is 0.146 e. The Balaban J connectivity index is 2.35. The van der Waals surface area contributed by atoms with Gasteiger partial charge >= 0.3 is 0 Å². The number of nitrogens with two attached hydrogens (primary N) is 1. The van der Waals surface area contributed by atoms with Crippen molar-refractivity contribution in [2.45, 2.75) is 52.0 Å². The lowest BCUT2D eigenvalue weighted by Gasteiger charge is -2.50. The van der Waals surface area contributed by atoms with E-state index in [1.165, 1.54) is 12.8 Å². The molecule has 1 aromatic rings.